The first-order chi connectivity index (χ1) is 16.6. The summed E-state index contributed by atoms with van der Waals surface area (Å²) in [5.41, 5.74) is 0.735. The van der Waals surface area contributed by atoms with Crippen LogP contribution in [0.4, 0.5) is 16.0 Å². The quantitative estimate of drug-likeness (QED) is 0.559. The molecule has 9 heteroatoms. The van der Waals surface area contributed by atoms with Crippen LogP contribution < -0.4 is 14.5 Å². The molecule has 0 aliphatic carbocycles. The number of amides is 2. The minimum Gasteiger partial charge on any atom is -0.449 e. The van der Waals surface area contributed by atoms with Crippen molar-refractivity contribution in [2.45, 2.75) is 0 Å². The van der Waals surface area contributed by atoms with Crippen molar-refractivity contribution in [3.05, 3.63) is 84.1 Å². The zero-order chi connectivity index (χ0) is 23.5. The van der Waals surface area contributed by atoms with Gasteiger partial charge in [0.15, 0.2) is 11.5 Å². The third-order valence-electron chi connectivity index (χ3n) is 5.78. The van der Waals surface area contributed by atoms with Crippen molar-refractivity contribution >= 4 is 29.5 Å². The van der Waals surface area contributed by atoms with Crippen molar-refractivity contribution < 1.29 is 18.7 Å². The van der Waals surface area contributed by atoms with E-state index in [2.05, 4.69) is 9.97 Å². The average Bonchev–Trinajstić information content (AvgIpc) is 2.88. The van der Waals surface area contributed by atoms with E-state index in [4.69, 9.17) is 4.74 Å². The van der Waals surface area contributed by atoms with Gasteiger partial charge in [0.25, 0.3) is 5.91 Å². The summed E-state index contributed by atoms with van der Waals surface area (Å²) < 4.78 is 20.0. The van der Waals surface area contributed by atoms with Gasteiger partial charge in [-0.25, -0.2) is 14.4 Å². The Labute approximate surface area is 195 Å². The van der Waals surface area contributed by atoms with Crippen LogP contribution in [0.2, 0.25) is 0 Å². The molecule has 2 aliphatic heterocycles. The van der Waals surface area contributed by atoms with Crippen LogP contribution in [0, 0.1) is 5.82 Å². The van der Waals surface area contributed by atoms with E-state index in [-0.39, 0.29) is 23.8 Å². The molecule has 8 nitrogen and oxygen atoms in total. The number of anilines is 2. The van der Waals surface area contributed by atoms with Crippen molar-refractivity contribution in [2.24, 2.45) is 0 Å². The maximum Gasteiger partial charge on any atom is 0.294 e. The summed E-state index contributed by atoms with van der Waals surface area (Å²) in [5.74, 6) is -0.107. The summed E-state index contributed by atoms with van der Waals surface area (Å²) in [6.07, 6.45) is 4.74. The molecule has 0 bridgehead atoms. The number of benzene rings is 2. The van der Waals surface area contributed by atoms with Crippen molar-refractivity contribution in [1.29, 1.82) is 0 Å². The third-order valence-corrected chi connectivity index (χ3v) is 5.78. The molecule has 2 aromatic carbocycles. The summed E-state index contributed by atoms with van der Waals surface area (Å²) in [5, 5.41) is 0. The molecule has 3 aromatic rings. The van der Waals surface area contributed by atoms with Crippen LogP contribution in [0.25, 0.3) is 6.08 Å². The summed E-state index contributed by atoms with van der Waals surface area (Å²) in [6, 6.07) is 14.9. The van der Waals surface area contributed by atoms with Gasteiger partial charge in [-0.3, -0.25) is 14.5 Å². The van der Waals surface area contributed by atoms with Crippen LogP contribution in [0.15, 0.2) is 72.8 Å². The van der Waals surface area contributed by atoms with Crippen LogP contribution in [-0.2, 0) is 9.59 Å². The molecule has 172 valence electrons. The smallest absolute Gasteiger partial charge is 0.294 e. The first-order valence-electron chi connectivity index (χ1n) is 10.9. The Bertz CT molecular complexity index is 1240. The number of piperazine rings is 1. The molecule has 5 rings (SSSR count). The number of halogens is 1. The molecule has 0 unspecified atom stereocenters. The number of hydrogen-bond donors (Lipinski definition) is 0. The van der Waals surface area contributed by atoms with E-state index in [0.717, 1.165) is 0 Å². The van der Waals surface area contributed by atoms with Gasteiger partial charge in [-0.1, -0.05) is 30.3 Å². The Morgan fingerprint density at radius 3 is 2.44 bits per heavy atom. The monoisotopic (exact) mass is 459 g/mol. The lowest BCUT2D eigenvalue weighted by atomic mass is 10.1. The van der Waals surface area contributed by atoms with Gasteiger partial charge in [-0.2, -0.15) is 0 Å². The van der Waals surface area contributed by atoms with E-state index in [1.54, 1.807) is 65.8 Å². The Hall–Kier alpha value is -4.27. The second kappa shape index (κ2) is 9.30. The van der Waals surface area contributed by atoms with E-state index in [1.165, 1.54) is 17.0 Å². The highest BCUT2D eigenvalue weighted by Gasteiger charge is 2.33. The first-order valence-corrected chi connectivity index (χ1v) is 10.9. The predicted molar refractivity (Wildman–Crippen MR) is 125 cm³/mol. The Morgan fingerprint density at radius 2 is 1.68 bits per heavy atom. The second-order valence-electron chi connectivity index (χ2n) is 7.91. The standard InChI is InChI=1S/C25H22FN5O3/c26-19-7-2-1-6-18(19)16-22-24(33)31(20-8-3-4-9-21(20)34-22)17-23(32)29-12-14-30(15-13-29)25-27-10-5-11-28-25/h1-11,16H,12-15,17H2. The molecule has 1 aromatic heterocycles. The van der Waals surface area contributed by atoms with E-state index >= 15 is 0 Å². The highest BCUT2D eigenvalue weighted by molar-refractivity contribution is 6.12. The van der Waals surface area contributed by atoms with Crippen LogP contribution in [-0.4, -0.2) is 59.4 Å². The van der Waals surface area contributed by atoms with Crippen LogP contribution in [0.3, 0.4) is 0 Å². The van der Waals surface area contributed by atoms with Gasteiger partial charge in [0, 0.05) is 44.1 Å². The molecule has 1 fully saturated rings. The molecule has 0 radical (unpaired) electrons. The second-order valence-corrected chi connectivity index (χ2v) is 7.91. The van der Waals surface area contributed by atoms with Crippen molar-refractivity contribution in [3.8, 4) is 5.75 Å². The lowest BCUT2D eigenvalue weighted by molar-refractivity contribution is -0.131. The number of fused-ring (bicyclic) bond motifs is 1. The minimum atomic E-state index is -0.494. The molecule has 3 heterocycles. The molecule has 2 aliphatic rings. The normalized spacial score (nSPS) is 16.9. The number of aromatic nitrogens is 2. The maximum absolute atomic E-state index is 14.2. The topological polar surface area (TPSA) is 78.9 Å². The summed E-state index contributed by atoms with van der Waals surface area (Å²) in [4.78, 5) is 40.1. The van der Waals surface area contributed by atoms with Crippen molar-refractivity contribution in [2.75, 3.05) is 42.5 Å². The van der Waals surface area contributed by atoms with Crippen LogP contribution in [0.1, 0.15) is 5.56 Å². The zero-order valence-electron chi connectivity index (χ0n) is 18.3. The highest BCUT2D eigenvalue weighted by Crippen LogP contribution is 2.35. The zero-order valence-corrected chi connectivity index (χ0v) is 18.3. The molecule has 0 saturated carbocycles. The van der Waals surface area contributed by atoms with E-state index in [9.17, 15) is 14.0 Å². The SMILES string of the molecule is O=C(CN1C(=O)C(=Cc2ccccc2F)Oc2ccccc21)N1CCN(c2ncccn2)CC1. The number of nitrogens with zero attached hydrogens (tertiary/aromatic N) is 5. The fourth-order valence-electron chi connectivity index (χ4n) is 4.00. The fourth-order valence-corrected chi connectivity index (χ4v) is 4.00. The van der Waals surface area contributed by atoms with E-state index in [0.29, 0.717) is 43.6 Å². The van der Waals surface area contributed by atoms with Gasteiger partial charge in [0.1, 0.15) is 12.4 Å². The number of carbonyl (C=O) groups excluding carboxylic acids is 2. The maximum atomic E-state index is 14.2. The average molecular weight is 459 g/mol. The van der Waals surface area contributed by atoms with Crippen molar-refractivity contribution in [1.82, 2.24) is 14.9 Å². The number of ether oxygens (including phenoxy) is 1. The first kappa shape index (κ1) is 21.6. The van der Waals surface area contributed by atoms with Crippen molar-refractivity contribution in [3.63, 3.8) is 0 Å². The molecule has 1 saturated heterocycles. The minimum absolute atomic E-state index is 0.0392. The van der Waals surface area contributed by atoms with Crippen LogP contribution in [0.5, 0.6) is 5.75 Å². The fraction of sp³-hybridized carbons (Fsp3) is 0.200. The van der Waals surface area contributed by atoms with Gasteiger partial charge < -0.3 is 14.5 Å². The molecule has 2 amide bonds. The largest absolute Gasteiger partial charge is 0.449 e. The molecular formula is C25H22FN5O3. The van der Waals surface area contributed by atoms with Gasteiger partial charge in [0.2, 0.25) is 11.9 Å². The van der Waals surface area contributed by atoms with Gasteiger partial charge >= 0.3 is 0 Å². The van der Waals surface area contributed by atoms with E-state index < -0.39 is 11.7 Å². The Kier molecular flexibility index (Phi) is 5.90. The molecule has 0 atom stereocenters. The number of hydrogen-bond acceptors (Lipinski definition) is 6. The van der Waals surface area contributed by atoms with Gasteiger partial charge in [-0.05, 0) is 30.3 Å². The summed E-state index contributed by atoms with van der Waals surface area (Å²) >= 11 is 0. The number of rotatable bonds is 4. The molecule has 0 spiro atoms. The van der Waals surface area contributed by atoms with Gasteiger partial charge in [0.05, 0.1) is 5.69 Å². The highest BCUT2D eigenvalue weighted by atomic mass is 19.1. The summed E-state index contributed by atoms with van der Waals surface area (Å²) in [7, 11) is 0. The number of carbonyl (C=O) groups is 2. The lowest BCUT2D eigenvalue weighted by Gasteiger charge is -2.36. The number of para-hydroxylation sites is 2. The van der Waals surface area contributed by atoms with E-state index in [1.807, 2.05) is 4.90 Å². The molecule has 0 N–H and O–H groups in total. The molecular weight excluding hydrogens is 437 g/mol. The Balaban J connectivity index is 1.33. The third kappa shape index (κ3) is 4.32. The lowest BCUT2D eigenvalue weighted by Crippen LogP contribution is -2.53. The molecule has 34 heavy (non-hydrogen) atoms. The Morgan fingerprint density at radius 1 is 0.971 bits per heavy atom. The van der Waals surface area contributed by atoms with Gasteiger partial charge in [-0.15, -0.1) is 0 Å². The van der Waals surface area contributed by atoms with Crippen LogP contribution >= 0.6 is 0 Å². The predicted octanol–water partition coefficient (Wildman–Crippen LogP) is 2.73. The summed E-state index contributed by atoms with van der Waals surface area (Å²) in [6.45, 7) is 2.05.